The Balaban J connectivity index is 1.33. The molecule has 0 fully saturated rings. The molecule has 0 saturated carbocycles. The van der Waals surface area contributed by atoms with Gasteiger partial charge in [-0.05, 0) is 43.2 Å². The Morgan fingerprint density at radius 2 is 1.18 bits per heavy atom. The van der Waals surface area contributed by atoms with Gasteiger partial charge in [-0.25, -0.2) is 17.7 Å². The number of rotatable bonds is 43. The Labute approximate surface area is 479 Å². The summed E-state index contributed by atoms with van der Waals surface area (Å²) in [6.07, 6.45) is 29.1. The molecule has 450 valence electrons. The number of anilines is 1. The van der Waals surface area contributed by atoms with Gasteiger partial charge in [0.2, 0.25) is 15.4 Å². The lowest BCUT2D eigenvalue weighted by Gasteiger charge is -2.23. The van der Waals surface area contributed by atoms with Gasteiger partial charge in [0.1, 0.15) is 50.2 Å². The molecular formula is C60H95N3O14PS2+. The number of fused-ring (bicyclic) bond motifs is 2. The summed E-state index contributed by atoms with van der Waals surface area (Å²) in [7, 11) is -7.04. The zero-order valence-electron chi connectivity index (χ0n) is 48.9. The van der Waals surface area contributed by atoms with E-state index in [1.807, 2.05) is 49.8 Å². The molecule has 2 aliphatic rings. The highest BCUT2D eigenvalue weighted by Gasteiger charge is 2.32. The summed E-state index contributed by atoms with van der Waals surface area (Å²) in [5.41, 5.74) is 2.11. The average Bonchev–Trinajstić information content (AvgIpc) is 3.62. The topological polar surface area (TPSA) is 234 Å². The number of carbonyl (C=O) groups excluding carboxylic acids is 2. The molecule has 2 atom stereocenters. The standard InChI is InChI=1S/C60H94N3O14PS2/c1-7-9-11-13-15-17-19-21-23-25-27-29-31-33-58(64)73-46-50(76-59(65)34-32-30-28-26-24-22-20-18-16-14-12-10-8-2)47-75-78(66,67)74-42-41-61-79(68,69)51-37-40-54(57(45-51)80(70,71)72)60-52-38-35-48(62(3)4)43-55(52)77-56-44-49(63(5)6)36-39-53(56)60/h35-40,43-45,50,61H,7-34,41-42,46-47H2,1-6H3,(H-,66,67,70,71,72)/p+1/t50-/m1/s1. The van der Waals surface area contributed by atoms with Gasteiger partial charge in [-0.1, -0.05) is 174 Å². The lowest BCUT2D eigenvalue weighted by Crippen LogP contribution is -2.32. The summed E-state index contributed by atoms with van der Waals surface area (Å²) >= 11 is 0. The minimum atomic E-state index is -5.06. The van der Waals surface area contributed by atoms with Crippen molar-refractivity contribution in [1.29, 1.82) is 0 Å². The molecule has 80 heavy (non-hydrogen) atoms. The first-order valence-corrected chi connectivity index (χ1v) is 33.9. The van der Waals surface area contributed by atoms with Gasteiger partial charge in [0.15, 0.2) is 6.10 Å². The Morgan fingerprint density at radius 1 is 0.662 bits per heavy atom. The summed E-state index contributed by atoms with van der Waals surface area (Å²) < 4.78 is 95.8. The van der Waals surface area contributed by atoms with E-state index in [-0.39, 0.29) is 18.4 Å². The molecule has 0 radical (unpaired) electrons. The van der Waals surface area contributed by atoms with Gasteiger partial charge in [-0.3, -0.25) is 14.1 Å². The number of ether oxygens (including phenoxy) is 2. The highest BCUT2D eigenvalue weighted by atomic mass is 32.2. The summed E-state index contributed by atoms with van der Waals surface area (Å²) in [6, 6.07) is 14.1. The molecule has 1 unspecified atom stereocenters. The molecule has 4 rings (SSSR count). The Kier molecular flexibility index (Phi) is 31.3. The maximum absolute atomic E-state index is 13.6. The van der Waals surface area contributed by atoms with Gasteiger partial charge in [-0.15, -0.1) is 0 Å². The predicted octanol–water partition coefficient (Wildman–Crippen LogP) is 12.3. The van der Waals surface area contributed by atoms with Crippen LogP contribution in [0, 0.1) is 0 Å². The molecule has 0 amide bonds. The van der Waals surface area contributed by atoms with Crippen LogP contribution in [-0.2, 0) is 48.3 Å². The van der Waals surface area contributed by atoms with Crippen molar-refractivity contribution in [1.82, 2.24) is 9.30 Å². The van der Waals surface area contributed by atoms with Crippen molar-refractivity contribution in [3.63, 3.8) is 0 Å². The van der Waals surface area contributed by atoms with Crippen LogP contribution in [-0.4, -0.2) is 98.9 Å². The number of hydrogen-bond donors (Lipinski definition) is 3. The second-order valence-electron chi connectivity index (χ2n) is 21.5. The van der Waals surface area contributed by atoms with Crippen LogP contribution < -0.4 is 24.4 Å². The van der Waals surface area contributed by atoms with Crippen molar-refractivity contribution in [2.45, 2.75) is 210 Å². The number of sulfonamides is 1. The fraction of sp³-hybridized carbons (Fsp3) is 0.650. The number of hydrogen-bond acceptors (Lipinski definition) is 14. The molecule has 0 saturated heterocycles. The summed E-state index contributed by atoms with van der Waals surface area (Å²) in [6.45, 7) is 2.14. The van der Waals surface area contributed by atoms with Crippen molar-refractivity contribution in [3.05, 3.63) is 60.0 Å². The SMILES string of the molecule is CCCCCCCCCCCCCCCC(=O)OC[C@H](CO[P+]([O-])(O)OCCNS(=O)(=O)c1ccc(-c2c3ccc(=[N+](C)C)cc-3oc3cc(N(C)C)ccc23)c(S(=O)(=O)O)c1)OC(=O)CCCCCCCCCCCCCCC. The van der Waals surface area contributed by atoms with Crippen molar-refractivity contribution in [3.8, 4) is 22.5 Å². The average molecular weight is 1180 g/mol. The van der Waals surface area contributed by atoms with E-state index >= 15 is 0 Å². The molecule has 1 aliphatic heterocycles. The number of benzene rings is 3. The van der Waals surface area contributed by atoms with E-state index in [0.717, 1.165) is 62.1 Å². The van der Waals surface area contributed by atoms with Crippen molar-refractivity contribution >= 4 is 56.9 Å². The van der Waals surface area contributed by atoms with Crippen LogP contribution in [0.4, 0.5) is 5.69 Å². The molecule has 2 aromatic rings. The zero-order valence-corrected chi connectivity index (χ0v) is 51.4. The van der Waals surface area contributed by atoms with E-state index in [1.165, 1.54) is 121 Å². The third kappa shape index (κ3) is 25.2. The predicted molar refractivity (Wildman–Crippen MR) is 317 cm³/mol. The first kappa shape index (κ1) is 68.5. The third-order valence-corrected chi connectivity index (χ3v) is 17.6. The Bertz CT molecular complexity index is 2750. The maximum atomic E-state index is 13.6. The van der Waals surface area contributed by atoms with Gasteiger partial charge in [0.25, 0.3) is 10.1 Å². The second-order valence-corrected chi connectivity index (χ2v) is 26.1. The van der Waals surface area contributed by atoms with Crippen LogP contribution in [0.3, 0.4) is 0 Å². The summed E-state index contributed by atoms with van der Waals surface area (Å²) in [5, 5.41) is 1.31. The quantitative estimate of drug-likeness (QED) is 0.00933. The van der Waals surface area contributed by atoms with Gasteiger partial charge >= 0.3 is 20.1 Å². The van der Waals surface area contributed by atoms with Crippen molar-refractivity contribution in [2.75, 3.05) is 59.5 Å². The largest absolute Gasteiger partial charge is 0.606 e. The Morgan fingerprint density at radius 3 is 1.69 bits per heavy atom. The monoisotopic (exact) mass is 1180 g/mol. The lowest BCUT2D eigenvalue weighted by molar-refractivity contribution is -0.245. The van der Waals surface area contributed by atoms with E-state index in [0.29, 0.717) is 40.7 Å². The lowest BCUT2D eigenvalue weighted by atomic mass is 9.93. The van der Waals surface area contributed by atoms with Gasteiger partial charge in [0.05, 0.1) is 11.0 Å². The molecule has 0 spiro atoms. The van der Waals surface area contributed by atoms with E-state index in [4.69, 9.17) is 22.9 Å². The van der Waals surface area contributed by atoms with Crippen LogP contribution in [0.5, 0.6) is 0 Å². The molecule has 1 aliphatic carbocycles. The summed E-state index contributed by atoms with van der Waals surface area (Å²) in [4.78, 5) is 50.1. The minimum Gasteiger partial charge on any atom is -0.606 e. The molecule has 3 N–H and O–H groups in total. The number of unbranched alkanes of at least 4 members (excludes halogenated alkanes) is 24. The molecular weight excluding hydrogens is 1080 g/mol. The van der Waals surface area contributed by atoms with Crippen LogP contribution >= 0.6 is 8.17 Å². The zero-order chi connectivity index (χ0) is 58.4. The van der Waals surface area contributed by atoms with E-state index in [2.05, 4.69) is 18.6 Å². The van der Waals surface area contributed by atoms with Gasteiger partial charge in [-0.2, -0.15) is 22.4 Å². The molecule has 0 bridgehead atoms. The minimum absolute atomic E-state index is 0.0160. The number of phosphoric ester groups is 1. The summed E-state index contributed by atoms with van der Waals surface area (Å²) in [5.74, 6) is -0.647. The molecule has 1 heterocycles. The van der Waals surface area contributed by atoms with E-state index < -0.39 is 82.5 Å². The van der Waals surface area contributed by atoms with E-state index in [9.17, 15) is 40.8 Å². The Hall–Kier alpha value is -4.04. The van der Waals surface area contributed by atoms with Crippen LogP contribution in [0.1, 0.15) is 194 Å². The van der Waals surface area contributed by atoms with Crippen LogP contribution in [0.25, 0.3) is 33.4 Å². The van der Waals surface area contributed by atoms with E-state index in [1.54, 1.807) is 24.3 Å². The molecule has 17 nitrogen and oxygen atoms in total. The number of esters is 2. The fourth-order valence-corrected chi connectivity index (χ4v) is 12.2. The van der Waals surface area contributed by atoms with Crippen LogP contribution in [0.15, 0.2) is 68.8 Å². The highest BCUT2D eigenvalue weighted by molar-refractivity contribution is 7.89. The number of phosphoric acid groups is 1. The molecule has 2 aromatic carbocycles. The number of nitrogens with zero attached hydrogens (tertiary/aromatic N) is 2. The van der Waals surface area contributed by atoms with Gasteiger partial charge in [0, 0.05) is 73.4 Å². The second kappa shape index (κ2) is 36.5. The fourth-order valence-electron chi connectivity index (χ4n) is 9.63. The first-order chi connectivity index (χ1) is 38.3. The first-order valence-electron chi connectivity index (χ1n) is 29.5. The maximum Gasteiger partial charge on any atom is 0.376 e. The smallest absolute Gasteiger partial charge is 0.376 e. The highest BCUT2D eigenvalue weighted by Crippen LogP contribution is 2.47. The normalized spacial score (nSPS) is 13.2. The molecule has 0 aromatic heterocycles. The van der Waals surface area contributed by atoms with Crippen molar-refractivity contribution < 1.29 is 63.7 Å². The molecule has 20 heteroatoms. The number of nitrogens with one attached hydrogen (secondary N) is 1. The van der Waals surface area contributed by atoms with Crippen LogP contribution in [0.2, 0.25) is 0 Å². The van der Waals surface area contributed by atoms with Crippen molar-refractivity contribution in [2.24, 2.45) is 0 Å². The third-order valence-electron chi connectivity index (χ3n) is 14.3. The number of carbonyl (C=O) groups is 2. The van der Waals surface area contributed by atoms with Gasteiger partial charge < -0.3 is 23.7 Å².